The van der Waals surface area contributed by atoms with Crippen LogP contribution >= 0.6 is 0 Å². The van der Waals surface area contributed by atoms with Gasteiger partial charge in [0.1, 0.15) is 5.75 Å². The molecule has 1 N–H and O–H groups in total. The number of hydrogen-bond donors (Lipinski definition) is 1. The molecule has 2 fully saturated rings. The molecule has 1 aliphatic carbocycles. The highest BCUT2D eigenvalue weighted by Gasteiger charge is 2.22. The molecule has 0 amide bonds. The van der Waals surface area contributed by atoms with Gasteiger partial charge in [-0.15, -0.1) is 0 Å². The van der Waals surface area contributed by atoms with Gasteiger partial charge in [0.05, 0.1) is 6.61 Å². The number of aryl methyl sites for hydroxylation is 1. The molecule has 0 spiro atoms. The quantitative estimate of drug-likeness (QED) is 0.879. The molecule has 0 aromatic heterocycles. The zero-order valence-electron chi connectivity index (χ0n) is 11.2. The van der Waals surface area contributed by atoms with E-state index in [0.717, 1.165) is 24.8 Å². The van der Waals surface area contributed by atoms with Crippen molar-refractivity contribution < 1.29 is 4.74 Å². The lowest BCUT2D eigenvalue weighted by Gasteiger charge is -2.24. The first-order valence-electron chi connectivity index (χ1n) is 7.26. The molecule has 2 heteroatoms. The molecule has 1 heterocycles. The van der Waals surface area contributed by atoms with Crippen LogP contribution in [0.2, 0.25) is 0 Å². The van der Waals surface area contributed by atoms with Crippen molar-refractivity contribution in [3.8, 4) is 5.75 Å². The largest absolute Gasteiger partial charge is 0.493 e. The third kappa shape index (κ3) is 3.05. The van der Waals surface area contributed by atoms with E-state index in [1.807, 2.05) is 0 Å². The van der Waals surface area contributed by atoms with Gasteiger partial charge in [-0.1, -0.05) is 6.07 Å². The SMILES string of the molecule is Cc1cc(OCC2CC2)cc(C2CCCNC2)c1. The van der Waals surface area contributed by atoms with E-state index in [1.165, 1.54) is 43.4 Å². The van der Waals surface area contributed by atoms with Crippen LogP contribution < -0.4 is 10.1 Å². The predicted octanol–water partition coefficient (Wildman–Crippen LogP) is 3.25. The maximum absolute atomic E-state index is 5.92. The fourth-order valence-electron chi connectivity index (χ4n) is 2.73. The highest BCUT2D eigenvalue weighted by atomic mass is 16.5. The van der Waals surface area contributed by atoms with Crippen molar-refractivity contribution in [1.29, 1.82) is 0 Å². The molecule has 98 valence electrons. The number of rotatable bonds is 4. The van der Waals surface area contributed by atoms with Gasteiger partial charge in [-0.05, 0) is 74.2 Å². The summed E-state index contributed by atoms with van der Waals surface area (Å²) in [7, 11) is 0. The molecule has 1 atom stereocenters. The summed E-state index contributed by atoms with van der Waals surface area (Å²) in [5.74, 6) is 2.56. The lowest BCUT2D eigenvalue weighted by Crippen LogP contribution is -2.28. The Kier molecular flexibility index (Phi) is 3.55. The number of nitrogens with one attached hydrogen (secondary N) is 1. The summed E-state index contributed by atoms with van der Waals surface area (Å²) in [6.07, 6.45) is 5.30. The maximum Gasteiger partial charge on any atom is 0.119 e. The monoisotopic (exact) mass is 245 g/mol. The van der Waals surface area contributed by atoms with Crippen LogP contribution in [0.5, 0.6) is 5.75 Å². The second kappa shape index (κ2) is 5.31. The Balaban J connectivity index is 1.71. The summed E-state index contributed by atoms with van der Waals surface area (Å²) in [4.78, 5) is 0. The summed E-state index contributed by atoms with van der Waals surface area (Å²) in [5.41, 5.74) is 2.77. The Morgan fingerprint density at radius 3 is 2.83 bits per heavy atom. The van der Waals surface area contributed by atoms with E-state index in [9.17, 15) is 0 Å². The summed E-state index contributed by atoms with van der Waals surface area (Å²) < 4.78 is 5.92. The van der Waals surface area contributed by atoms with E-state index in [1.54, 1.807) is 0 Å². The summed E-state index contributed by atoms with van der Waals surface area (Å²) >= 11 is 0. The van der Waals surface area contributed by atoms with Crippen LogP contribution in [0.25, 0.3) is 0 Å². The Hall–Kier alpha value is -1.02. The van der Waals surface area contributed by atoms with Crippen molar-refractivity contribution in [1.82, 2.24) is 5.32 Å². The molecule has 0 bridgehead atoms. The minimum Gasteiger partial charge on any atom is -0.493 e. The average Bonchev–Trinajstić information content (AvgIpc) is 3.21. The summed E-state index contributed by atoms with van der Waals surface area (Å²) in [6, 6.07) is 6.75. The third-order valence-electron chi connectivity index (χ3n) is 4.02. The molecule has 3 rings (SSSR count). The molecule has 1 saturated carbocycles. The zero-order chi connectivity index (χ0) is 12.4. The molecule has 1 aromatic carbocycles. The normalized spacial score (nSPS) is 23.9. The van der Waals surface area contributed by atoms with Crippen LogP contribution in [0.1, 0.15) is 42.7 Å². The van der Waals surface area contributed by atoms with E-state index >= 15 is 0 Å². The van der Waals surface area contributed by atoms with Crippen molar-refractivity contribution in [2.24, 2.45) is 5.92 Å². The van der Waals surface area contributed by atoms with Crippen molar-refractivity contribution in [2.75, 3.05) is 19.7 Å². The summed E-state index contributed by atoms with van der Waals surface area (Å²) in [6.45, 7) is 5.37. The molecule has 1 unspecified atom stereocenters. The van der Waals surface area contributed by atoms with Crippen LogP contribution in [-0.4, -0.2) is 19.7 Å². The minimum atomic E-state index is 0.668. The topological polar surface area (TPSA) is 21.3 Å². The van der Waals surface area contributed by atoms with E-state index in [4.69, 9.17) is 4.74 Å². The van der Waals surface area contributed by atoms with E-state index < -0.39 is 0 Å². The van der Waals surface area contributed by atoms with Crippen molar-refractivity contribution >= 4 is 0 Å². The van der Waals surface area contributed by atoms with Gasteiger partial charge in [0, 0.05) is 6.54 Å². The number of hydrogen-bond acceptors (Lipinski definition) is 2. The first-order chi connectivity index (χ1) is 8.81. The highest BCUT2D eigenvalue weighted by molar-refractivity contribution is 5.36. The molecule has 2 aliphatic rings. The van der Waals surface area contributed by atoms with Gasteiger partial charge in [-0.3, -0.25) is 0 Å². The van der Waals surface area contributed by atoms with Gasteiger partial charge >= 0.3 is 0 Å². The average molecular weight is 245 g/mol. The number of piperidine rings is 1. The standard InChI is InChI=1S/C16H23NO/c1-12-7-15(14-3-2-6-17-10-14)9-16(8-12)18-11-13-4-5-13/h7-9,13-14,17H,2-6,10-11H2,1H3. The Morgan fingerprint density at radius 1 is 1.22 bits per heavy atom. The first kappa shape index (κ1) is 12.0. The van der Waals surface area contributed by atoms with Crippen LogP contribution in [-0.2, 0) is 0 Å². The third-order valence-corrected chi connectivity index (χ3v) is 4.02. The van der Waals surface area contributed by atoms with Crippen molar-refractivity contribution in [3.05, 3.63) is 29.3 Å². The van der Waals surface area contributed by atoms with Gasteiger partial charge in [-0.25, -0.2) is 0 Å². The fourth-order valence-corrected chi connectivity index (χ4v) is 2.73. The highest BCUT2D eigenvalue weighted by Crippen LogP contribution is 2.31. The predicted molar refractivity (Wildman–Crippen MR) is 74.2 cm³/mol. The van der Waals surface area contributed by atoms with Crippen LogP contribution in [0, 0.1) is 12.8 Å². The smallest absolute Gasteiger partial charge is 0.119 e. The number of benzene rings is 1. The van der Waals surface area contributed by atoms with Crippen LogP contribution in [0.3, 0.4) is 0 Å². The molecule has 1 saturated heterocycles. The van der Waals surface area contributed by atoms with Crippen LogP contribution in [0.15, 0.2) is 18.2 Å². The second-order valence-corrected chi connectivity index (χ2v) is 5.88. The molecular formula is C16H23NO. The van der Waals surface area contributed by atoms with Gasteiger partial charge in [0.2, 0.25) is 0 Å². The van der Waals surface area contributed by atoms with Gasteiger partial charge in [-0.2, -0.15) is 0 Å². The molecule has 18 heavy (non-hydrogen) atoms. The second-order valence-electron chi connectivity index (χ2n) is 5.88. The summed E-state index contributed by atoms with van der Waals surface area (Å²) in [5, 5.41) is 3.49. The van der Waals surface area contributed by atoms with E-state index in [2.05, 4.69) is 30.4 Å². The molecule has 1 aliphatic heterocycles. The molecule has 0 radical (unpaired) electrons. The first-order valence-corrected chi connectivity index (χ1v) is 7.26. The van der Waals surface area contributed by atoms with Crippen molar-refractivity contribution in [3.63, 3.8) is 0 Å². The van der Waals surface area contributed by atoms with E-state index in [0.29, 0.717) is 5.92 Å². The van der Waals surface area contributed by atoms with Gasteiger partial charge in [0.15, 0.2) is 0 Å². The molecular weight excluding hydrogens is 222 g/mol. The minimum absolute atomic E-state index is 0.668. The lowest BCUT2D eigenvalue weighted by molar-refractivity contribution is 0.299. The van der Waals surface area contributed by atoms with E-state index in [-0.39, 0.29) is 0 Å². The molecule has 1 aromatic rings. The fraction of sp³-hybridized carbons (Fsp3) is 0.625. The van der Waals surface area contributed by atoms with Crippen LogP contribution in [0.4, 0.5) is 0 Å². The maximum atomic E-state index is 5.92. The van der Waals surface area contributed by atoms with Crippen molar-refractivity contribution in [2.45, 2.75) is 38.5 Å². The number of ether oxygens (including phenoxy) is 1. The lowest BCUT2D eigenvalue weighted by atomic mass is 9.90. The Morgan fingerprint density at radius 2 is 2.11 bits per heavy atom. The molecule has 2 nitrogen and oxygen atoms in total. The Bertz CT molecular complexity index is 406. The van der Waals surface area contributed by atoms with Gasteiger partial charge < -0.3 is 10.1 Å². The van der Waals surface area contributed by atoms with Gasteiger partial charge in [0.25, 0.3) is 0 Å². The zero-order valence-corrected chi connectivity index (χ0v) is 11.2. The Labute approximate surface area is 110 Å².